The highest BCUT2D eigenvalue weighted by Gasteiger charge is 2.48. The van der Waals surface area contributed by atoms with Crippen LogP contribution in [0, 0.1) is 18.8 Å². The molecule has 2 unspecified atom stereocenters. The number of rotatable bonds is 6. The summed E-state index contributed by atoms with van der Waals surface area (Å²) in [5, 5.41) is 5.62. The van der Waals surface area contributed by atoms with Crippen LogP contribution in [0.2, 0.25) is 0 Å². The van der Waals surface area contributed by atoms with Crippen LogP contribution in [0.3, 0.4) is 0 Å². The molecule has 0 heterocycles. The van der Waals surface area contributed by atoms with Gasteiger partial charge in [0.25, 0.3) is 0 Å². The van der Waals surface area contributed by atoms with Crippen molar-refractivity contribution >= 4 is 23.5 Å². The van der Waals surface area contributed by atoms with Crippen LogP contribution < -0.4 is 10.6 Å². The Morgan fingerprint density at radius 2 is 1.78 bits per heavy atom. The number of benzene rings is 2. The number of para-hydroxylation sites is 1. The summed E-state index contributed by atoms with van der Waals surface area (Å²) in [6.45, 7) is 2.44. The summed E-state index contributed by atoms with van der Waals surface area (Å²) in [6.07, 6.45) is 0.506. The molecule has 27 heavy (non-hydrogen) atoms. The second-order valence-corrected chi connectivity index (χ2v) is 6.68. The normalized spacial score (nSPS) is 17.7. The average molecular weight is 366 g/mol. The maximum Gasteiger partial charge on any atom is 0.339 e. The Labute approximate surface area is 157 Å². The maximum atomic E-state index is 12.4. The molecular weight excluding hydrogens is 344 g/mol. The molecule has 2 amide bonds. The minimum absolute atomic E-state index is 0.127. The lowest BCUT2D eigenvalue weighted by atomic mass is 10.1. The van der Waals surface area contributed by atoms with Crippen LogP contribution in [0.5, 0.6) is 0 Å². The first kappa shape index (κ1) is 18.6. The molecule has 1 aliphatic rings. The van der Waals surface area contributed by atoms with E-state index in [2.05, 4.69) is 10.6 Å². The molecule has 1 saturated carbocycles. The smallest absolute Gasteiger partial charge is 0.339 e. The predicted molar refractivity (Wildman–Crippen MR) is 101 cm³/mol. The molecule has 6 heteroatoms. The van der Waals surface area contributed by atoms with Gasteiger partial charge in [-0.3, -0.25) is 9.59 Å². The summed E-state index contributed by atoms with van der Waals surface area (Å²) in [7, 11) is 1.29. The zero-order valence-corrected chi connectivity index (χ0v) is 15.3. The van der Waals surface area contributed by atoms with Crippen LogP contribution in [0.15, 0.2) is 48.5 Å². The van der Waals surface area contributed by atoms with E-state index in [1.54, 1.807) is 24.3 Å². The van der Waals surface area contributed by atoms with Crippen LogP contribution in [0.25, 0.3) is 0 Å². The number of ether oxygens (including phenoxy) is 1. The Bertz CT molecular complexity index is 878. The summed E-state index contributed by atoms with van der Waals surface area (Å²) in [6, 6.07) is 14.6. The monoisotopic (exact) mass is 366 g/mol. The van der Waals surface area contributed by atoms with Crippen LogP contribution in [0.4, 0.5) is 5.69 Å². The second-order valence-electron chi connectivity index (χ2n) is 6.68. The number of aryl methyl sites for hydroxylation is 1. The van der Waals surface area contributed by atoms with Gasteiger partial charge in [0.1, 0.15) is 0 Å². The molecule has 2 atom stereocenters. The van der Waals surface area contributed by atoms with Gasteiger partial charge in [-0.15, -0.1) is 0 Å². The highest BCUT2D eigenvalue weighted by molar-refractivity contribution is 6.04. The zero-order valence-electron chi connectivity index (χ0n) is 15.3. The summed E-state index contributed by atoms with van der Waals surface area (Å²) >= 11 is 0. The van der Waals surface area contributed by atoms with E-state index >= 15 is 0 Å². The van der Waals surface area contributed by atoms with Crippen molar-refractivity contribution in [3.05, 3.63) is 65.2 Å². The van der Waals surface area contributed by atoms with Crippen molar-refractivity contribution in [2.24, 2.45) is 11.8 Å². The fourth-order valence-corrected chi connectivity index (χ4v) is 3.02. The van der Waals surface area contributed by atoms with Gasteiger partial charge in [-0.25, -0.2) is 4.79 Å². The SMILES string of the molecule is COC(=O)c1ccccc1NC(=O)C1CC1C(=O)NCc1cccc(C)c1. The molecule has 0 radical (unpaired) electrons. The molecule has 6 nitrogen and oxygen atoms in total. The molecule has 1 aliphatic carbocycles. The number of hydrogen-bond acceptors (Lipinski definition) is 4. The number of nitrogens with one attached hydrogen (secondary N) is 2. The van der Waals surface area contributed by atoms with Crippen molar-refractivity contribution < 1.29 is 19.1 Å². The van der Waals surface area contributed by atoms with E-state index in [1.807, 2.05) is 31.2 Å². The zero-order chi connectivity index (χ0) is 19.4. The van der Waals surface area contributed by atoms with Crippen molar-refractivity contribution in [1.29, 1.82) is 0 Å². The summed E-state index contributed by atoms with van der Waals surface area (Å²) in [5.41, 5.74) is 2.83. The van der Waals surface area contributed by atoms with Gasteiger partial charge in [-0.2, -0.15) is 0 Å². The standard InChI is InChI=1S/C21H22N2O4/c1-13-6-5-7-14(10-13)12-22-19(24)16-11-17(16)20(25)23-18-9-4-3-8-15(18)21(26)27-2/h3-10,16-17H,11-12H2,1-2H3,(H,22,24)(H,23,25). The third-order valence-electron chi connectivity index (χ3n) is 4.60. The van der Waals surface area contributed by atoms with E-state index in [9.17, 15) is 14.4 Å². The molecule has 140 valence electrons. The first-order valence-electron chi connectivity index (χ1n) is 8.81. The molecule has 0 bridgehead atoms. The van der Waals surface area contributed by atoms with Gasteiger partial charge in [0.2, 0.25) is 11.8 Å². The number of carbonyl (C=O) groups is 3. The van der Waals surface area contributed by atoms with Crippen molar-refractivity contribution in [2.75, 3.05) is 12.4 Å². The topological polar surface area (TPSA) is 84.5 Å². The van der Waals surface area contributed by atoms with Crippen LogP contribution >= 0.6 is 0 Å². The lowest BCUT2D eigenvalue weighted by Gasteiger charge is -2.09. The maximum absolute atomic E-state index is 12.4. The summed E-state index contributed by atoms with van der Waals surface area (Å²) in [4.78, 5) is 36.5. The fraction of sp³-hybridized carbons (Fsp3) is 0.286. The molecule has 0 spiro atoms. The van der Waals surface area contributed by atoms with E-state index in [0.29, 0.717) is 18.7 Å². The van der Waals surface area contributed by atoms with E-state index < -0.39 is 5.97 Å². The van der Waals surface area contributed by atoms with Crippen molar-refractivity contribution in [3.8, 4) is 0 Å². The van der Waals surface area contributed by atoms with Gasteiger partial charge in [-0.1, -0.05) is 42.0 Å². The van der Waals surface area contributed by atoms with Crippen molar-refractivity contribution in [2.45, 2.75) is 19.9 Å². The molecular formula is C21H22N2O4. The molecule has 3 rings (SSSR count). The Morgan fingerprint density at radius 1 is 1.04 bits per heavy atom. The third kappa shape index (κ3) is 4.53. The van der Waals surface area contributed by atoms with Gasteiger partial charge in [0, 0.05) is 6.54 Å². The van der Waals surface area contributed by atoms with Crippen LogP contribution in [0.1, 0.15) is 27.9 Å². The van der Waals surface area contributed by atoms with Crippen LogP contribution in [-0.2, 0) is 20.9 Å². The molecule has 2 aromatic carbocycles. The fourth-order valence-electron chi connectivity index (χ4n) is 3.02. The van der Waals surface area contributed by atoms with E-state index in [0.717, 1.165) is 11.1 Å². The molecule has 2 aromatic rings. The van der Waals surface area contributed by atoms with Gasteiger partial charge < -0.3 is 15.4 Å². The highest BCUT2D eigenvalue weighted by atomic mass is 16.5. The van der Waals surface area contributed by atoms with Crippen molar-refractivity contribution in [1.82, 2.24) is 5.32 Å². The van der Waals surface area contributed by atoms with E-state index in [-0.39, 0.29) is 29.2 Å². The molecule has 1 fully saturated rings. The molecule has 0 saturated heterocycles. The summed E-state index contributed by atoms with van der Waals surface area (Å²) < 4.78 is 4.72. The number of amides is 2. The number of hydrogen-bond donors (Lipinski definition) is 2. The second kappa shape index (κ2) is 8.03. The number of methoxy groups -OCH3 is 1. The molecule has 0 aliphatic heterocycles. The first-order chi connectivity index (χ1) is 13.0. The Kier molecular flexibility index (Phi) is 5.54. The molecule has 2 N–H and O–H groups in total. The van der Waals surface area contributed by atoms with Gasteiger partial charge in [-0.05, 0) is 31.0 Å². The Hall–Kier alpha value is -3.15. The predicted octanol–water partition coefficient (Wildman–Crippen LogP) is 2.67. The van der Waals surface area contributed by atoms with E-state index in [1.165, 1.54) is 7.11 Å². The van der Waals surface area contributed by atoms with Crippen LogP contribution in [-0.4, -0.2) is 24.9 Å². The van der Waals surface area contributed by atoms with E-state index in [4.69, 9.17) is 4.74 Å². The minimum Gasteiger partial charge on any atom is -0.465 e. The highest BCUT2D eigenvalue weighted by Crippen LogP contribution is 2.39. The quantitative estimate of drug-likeness (QED) is 0.770. The number of esters is 1. The summed E-state index contributed by atoms with van der Waals surface area (Å²) in [5.74, 6) is -1.62. The van der Waals surface area contributed by atoms with Gasteiger partial charge in [0.05, 0.1) is 30.2 Å². The van der Waals surface area contributed by atoms with Gasteiger partial charge >= 0.3 is 5.97 Å². The first-order valence-corrected chi connectivity index (χ1v) is 8.81. The average Bonchev–Trinajstić information content (AvgIpc) is 3.47. The van der Waals surface area contributed by atoms with Gasteiger partial charge in [0.15, 0.2) is 0 Å². The number of anilines is 1. The minimum atomic E-state index is -0.519. The Morgan fingerprint density at radius 3 is 2.52 bits per heavy atom. The largest absolute Gasteiger partial charge is 0.465 e. The van der Waals surface area contributed by atoms with Crippen molar-refractivity contribution in [3.63, 3.8) is 0 Å². The number of carbonyl (C=O) groups excluding carboxylic acids is 3. The lowest BCUT2D eigenvalue weighted by molar-refractivity contribution is -0.125. The Balaban J connectivity index is 1.55. The molecule has 0 aromatic heterocycles. The lowest BCUT2D eigenvalue weighted by Crippen LogP contribution is -2.27. The third-order valence-corrected chi connectivity index (χ3v) is 4.60.